The molecule has 0 aromatic heterocycles. The molecule has 6 nitrogen and oxygen atoms in total. The second kappa shape index (κ2) is 9.07. The van der Waals surface area contributed by atoms with Gasteiger partial charge in [-0.3, -0.25) is 9.59 Å². The minimum Gasteiger partial charge on any atom is -0.452 e. The highest BCUT2D eigenvalue weighted by Gasteiger charge is 2.14. The lowest BCUT2D eigenvalue weighted by molar-refractivity contribution is -0.126. The smallest absolute Gasteiger partial charge is 0.338 e. The number of esters is 1. The Balaban J connectivity index is 1.82. The molecule has 2 aromatic rings. The average molecular weight is 390 g/mol. The van der Waals surface area contributed by atoms with Gasteiger partial charge >= 0.3 is 5.97 Å². The zero-order valence-corrected chi connectivity index (χ0v) is 15.7. The third kappa shape index (κ3) is 5.87. The summed E-state index contributed by atoms with van der Waals surface area (Å²) in [6.07, 6.45) is 0. The molecule has 8 heteroatoms. The molecule has 2 rings (SSSR count). The van der Waals surface area contributed by atoms with Gasteiger partial charge in [0.15, 0.2) is 6.61 Å². The molecule has 0 spiro atoms. The van der Waals surface area contributed by atoms with E-state index in [0.717, 1.165) is 28.8 Å². The molecule has 0 heterocycles. The van der Waals surface area contributed by atoms with Crippen LogP contribution in [-0.2, 0) is 14.3 Å². The highest BCUT2D eigenvalue weighted by molar-refractivity contribution is 5.96. The second-order valence-electron chi connectivity index (χ2n) is 6.33. The van der Waals surface area contributed by atoms with Crippen LogP contribution in [-0.4, -0.2) is 30.9 Å². The normalized spacial score (nSPS) is 10.3. The molecular formula is C20H20F2N2O4. The van der Waals surface area contributed by atoms with E-state index >= 15 is 0 Å². The average Bonchev–Trinajstić information content (AvgIpc) is 2.60. The van der Waals surface area contributed by atoms with Crippen LogP contribution in [0.15, 0.2) is 30.3 Å². The summed E-state index contributed by atoms with van der Waals surface area (Å²) in [7, 11) is 0. The van der Waals surface area contributed by atoms with Gasteiger partial charge in [0.25, 0.3) is 5.91 Å². The summed E-state index contributed by atoms with van der Waals surface area (Å²) in [4.78, 5) is 35.5. The molecular weight excluding hydrogens is 370 g/mol. The quantitative estimate of drug-likeness (QED) is 0.743. The number of halogens is 2. The van der Waals surface area contributed by atoms with Crippen molar-refractivity contribution in [2.24, 2.45) is 0 Å². The molecule has 0 fully saturated rings. The van der Waals surface area contributed by atoms with Gasteiger partial charge in [-0.25, -0.2) is 13.6 Å². The Hall–Kier alpha value is -3.29. The van der Waals surface area contributed by atoms with Crippen molar-refractivity contribution < 1.29 is 27.9 Å². The summed E-state index contributed by atoms with van der Waals surface area (Å²) < 4.78 is 30.9. The molecule has 2 amide bonds. The highest BCUT2D eigenvalue weighted by atomic mass is 19.1. The molecule has 0 unspecified atom stereocenters. The largest absolute Gasteiger partial charge is 0.452 e. The number of amides is 2. The first-order chi connectivity index (χ1) is 13.2. The van der Waals surface area contributed by atoms with E-state index in [1.165, 1.54) is 0 Å². The molecule has 2 N–H and O–H groups in total. The van der Waals surface area contributed by atoms with Gasteiger partial charge < -0.3 is 15.4 Å². The summed E-state index contributed by atoms with van der Waals surface area (Å²) in [5.41, 5.74) is 3.18. The Labute approximate surface area is 160 Å². The summed E-state index contributed by atoms with van der Waals surface area (Å²) >= 11 is 0. The Morgan fingerprint density at radius 3 is 2.04 bits per heavy atom. The topological polar surface area (TPSA) is 84.5 Å². The minimum atomic E-state index is -1.05. The molecule has 0 radical (unpaired) electrons. The number of hydrogen-bond acceptors (Lipinski definition) is 4. The van der Waals surface area contributed by atoms with Gasteiger partial charge in [0.1, 0.15) is 11.6 Å². The maximum atomic E-state index is 13.1. The Morgan fingerprint density at radius 1 is 0.893 bits per heavy atom. The van der Waals surface area contributed by atoms with Crippen molar-refractivity contribution >= 4 is 23.5 Å². The third-order valence-corrected chi connectivity index (χ3v) is 3.82. The Kier molecular flexibility index (Phi) is 6.81. The number of rotatable bonds is 6. The molecule has 148 valence electrons. The SMILES string of the molecule is Cc1cc(C)c(NC(=O)CNC(=O)COC(=O)c2cc(F)cc(F)c2)c(C)c1. The monoisotopic (exact) mass is 390 g/mol. The van der Waals surface area contributed by atoms with Gasteiger partial charge in [-0.1, -0.05) is 17.7 Å². The van der Waals surface area contributed by atoms with E-state index in [0.29, 0.717) is 11.8 Å². The van der Waals surface area contributed by atoms with Gasteiger partial charge in [-0.2, -0.15) is 0 Å². The molecule has 0 aliphatic carbocycles. The van der Waals surface area contributed by atoms with Crippen molar-refractivity contribution in [3.8, 4) is 0 Å². The number of anilines is 1. The van der Waals surface area contributed by atoms with E-state index in [1.54, 1.807) is 0 Å². The standard InChI is InChI=1S/C20H20F2N2O4/c1-11-4-12(2)19(13(3)5-11)24-17(25)9-23-18(26)10-28-20(27)14-6-15(21)8-16(22)7-14/h4-8H,9-10H2,1-3H3,(H,23,26)(H,24,25). The molecule has 0 aliphatic heterocycles. The van der Waals surface area contributed by atoms with Crippen LogP contribution in [0.3, 0.4) is 0 Å². The second-order valence-corrected chi connectivity index (χ2v) is 6.33. The number of carbonyl (C=O) groups excluding carboxylic acids is 3. The van der Waals surface area contributed by atoms with Crippen molar-refractivity contribution in [2.75, 3.05) is 18.5 Å². The molecule has 0 saturated heterocycles. The van der Waals surface area contributed by atoms with E-state index in [2.05, 4.69) is 15.4 Å². The highest BCUT2D eigenvalue weighted by Crippen LogP contribution is 2.21. The number of aryl methyl sites for hydroxylation is 3. The fraction of sp³-hybridized carbons (Fsp3) is 0.250. The molecule has 0 bridgehead atoms. The van der Waals surface area contributed by atoms with Crippen molar-refractivity contribution in [3.63, 3.8) is 0 Å². The first kappa shape index (κ1) is 21.0. The molecule has 0 atom stereocenters. The first-order valence-electron chi connectivity index (χ1n) is 8.43. The van der Waals surface area contributed by atoms with Crippen LogP contribution >= 0.6 is 0 Å². The van der Waals surface area contributed by atoms with Gasteiger partial charge in [-0.05, 0) is 44.0 Å². The van der Waals surface area contributed by atoms with Crippen LogP contribution in [0.4, 0.5) is 14.5 Å². The van der Waals surface area contributed by atoms with Crippen molar-refractivity contribution in [3.05, 3.63) is 64.2 Å². The van der Waals surface area contributed by atoms with E-state index in [4.69, 9.17) is 0 Å². The Bertz CT molecular complexity index is 885. The van der Waals surface area contributed by atoms with Gasteiger partial charge in [-0.15, -0.1) is 0 Å². The maximum Gasteiger partial charge on any atom is 0.338 e. The zero-order valence-electron chi connectivity index (χ0n) is 15.7. The number of ether oxygens (including phenoxy) is 1. The molecule has 0 saturated carbocycles. The van der Waals surface area contributed by atoms with Crippen molar-refractivity contribution in [2.45, 2.75) is 20.8 Å². The van der Waals surface area contributed by atoms with Crippen LogP contribution < -0.4 is 10.6 Å². The van der Waals surface area contributed by atoms with Crippen LogP contribution in [0.25, 0.3) is 0 Å². The predicted octanol–water partition coefficient (Wildman–Crippen LogP) is 2.80. The number of nitrogens with one attached hydrogen (secondary N) is 2. The fourth-order valence-corrected chi connectivity index (χ4v) is 2.68. The first-order valence-corrected chi connectivity index (χ1v) is 8.43. The van der Waals surface area contributed by atoms with Crippen LogP contribution in [0, 0.1) is 32.4 Å². The third-order valence-electron chi connectivity index (χ3n) is 3.82. The number of hydrogen-bond donors (Lipinski definition) is 2. The summed E-state index contributed by atoms with van der Waals surface area (Å²) in [5, 5.41) is 5.03. The lowest BCUT2D eigenvalue weighted by Crippen LogP contribution is -2.35. The van der Waals surface area contributed by atoms with Gasteiger partial charge in [0.2, 0.25) is 5.91 Å². The fourth-order valence-electron chi connectivity index (χ4n) is 2.68. The van der Waals surface area contributed by atoms with Crippen molar-refractivity contribution in [1.82, 2.24) is 5.32 Å². The van der Waals surface area contributed by atoms with Crippen LogP contribution in [0.5, 0.6) is 0 Å². The lowest BCUT2D eigenvalue weighted by Gasteiger charge is -2.13. The van der Waals surface area contributed by atoms with Gasteiger partial charge in [0, 0.05) is 11.8 Å². The summed E-state index contributed by atoms with van der Waals surface area (Å²) in [5.74, 6) is -4.09. The van der Waals surface area contributed by atoms with E-state index in [9.17, 15) is 23.2 Å². The van der Waals surface area contributed by atoms with Crippen LogP contribution in [0.2, 0.25) is 0 Å². The summed E-state index contributed by atoms with van der Waals surface area (Å²) in [6.45, 7) is 4.67. The predicted molar refractivity (Wildman–Crippen MR) is 98.9 cm³/mol. The molecule has 0 aliphatic rings. The Morgan fingerprint density at radius 2 is 1.46 bits per heavy atom. The van der Waals surface area contributed by atoms with Crippen LogP contribution in [0.1, 0.15) is 27.0 Å². The van der Waals surface area contributed by atoms with Crippen molar-refractivity contribution in [1.29, 1.82) is 0 Å². The molecule has 28 heavy (non-hydrogen) atoms. The van der Waals surface area contributed by atoms with E-state index in [-0.39, 0.29) is 12.1 Å². The number of benzene rings is 2. The summed E-state index contributed by atoms with van der Waals surface area (Å²) in [6, 6.07) is 6.05. The maximum absolute atomic E-state index is 13.1. The van der Waals surface area contributed by atoms with Gasteiger partial charge in [0.05, 0.1) is 12.1 Å². The zero-order chi connectivity index (χ0) is 20.8. The molecule has 2 aromatic carbocycles. The van der Waals surface area contributed by atoms with E-state index < -0.39 is 36.0 Å². The minimum absolute atomic E-state index is 0.322. The number of carbonyl (C=O) groups is 3. The lowest BCUT2D eigenvalue weighted by atomic mass is 10.1. The van der Waals surface area contributed by atoms with E-state index in [1.807, 2.05) is 32.9 Å².